The molecule has 2 N–H and O–H groups in total. The van der Waals surface area contributed by atoms with Gasteiger partial charge in [0.25, 0.3) is 5.56 Å². The first-order chi connectivity index (χ1) is 10.4. The van der Waals surface area contributed by atoms with Crippen LogP contribution in [0, 0.1) is 5.92 Å². The number of hydrogen-bond donors (Lipinski definition) is 1. The van der Waals surface area contributed by atoms with Crippen LogP contribution >= 0.6 is 0 Å². The Balaban J connectivity index is 2.40. The number of nitrogens with two attached hydrogens (primary N) is 1. The van der Waals surface area contributed by atoms with Crippen molar-refractivity contribution in [1.82, 2.24) is 9.78 Å². The number of nitrogens with zero attached hydrogens (tertiary/aromatic N) is 2. The average molecular weight is 301 g/mol. The van der Waals surface area contributed by atoms with Gasteiger partial charge in [-0.25, -0.2) is 4.68 Å². The van der Waals surface area contributed by atoms with Crippen molar-refractivity contribution in [2.75, 3.05) is 6.61 Å². The molecule has 0 fully saturated rings. The maximum atomic E-state index is 12.0. The van der Waals surface area contributed by atoms with E-state index >= 15 is 0 Å². The molecule has 1 aromatic carbocycles. The Morgan fingerprint density at radius 1 is 1.27 bits per heavy atom. The molecule has 118 valence electrons. The molecule has 0 saturated carbocycles. The fourth-order valence-corrected chi connectivity index (χ4v) is 2.11. The molecule has 2 rings (SSSR count). The predicted octanol–water partition coefficient (Wildman–Crippen LogP) is 2.50. The highest BCUT2D eigenvalue weighted by Gasteiger charge is 2.11. The third-order valence-electron chi connectivity index (χ3n) is 3.29. The summed E-state index contributed by atoms with van der Waals surface area (Å²) < 4.78 is 7.07. The minimum atomic E-state index is -0.333. The molecule has 0 radical (unpaired) electrons. The average Bonchev–Trinajstić information content (AvgIpc) is 2.47. The van der Waals surface area contributed by atoms with Gasteiger partial charge in [0, 0.05) is 24.2 Å². The summed E-state index contributed by atoms with van der Waals surface area (Å²) in [6, 6.07) is 9.14. The Hall–Kier alpha value is -2.14. The van der Waals surface area contributed by atoms with Gasteiger partial charge >= 0.3 is 0 Å². The summed E-state index contributed by atoms with van der Waals surface area (Å²) in [6.07, 6.45) is 0. The summed E-state index contributed by atoms with van der Waals surface area (Å²) >= 11 is 0. The number of ether oxygens (including phenoxy) is 1. The van der Waals surface area contributed by atoms with Crippen molar-refractivity contribution in [3.63, 3.8) is 0 Å². The number of benzene rings is 1. The monoisotopic (exact) mass is 301 g/mol. The molecule has 5 nitrogen and oxygen atoms in total. The molecule has 22 heavy (non-hydrogen) atoms. The zero-order valence-electron chi connectivity index (χ0n) is 13.5. The minimum Gasteiger partial charge on any atom is -0.493 e. The van der Waals surface area contributed by atoms with Gasteiger partial charge in [-0.1, -0.05) is 26.0 Å². The lowest BCUT2D eigenvalue weighted by atomic mass is 10.1. The van der Waals surface area contributed by atoms with E-state index in [0.717, 1.165) is 11.3 Å². The van der Waals surface area contributed by atoms with Crippen LogP contribution in [-0.4, -0.2) is 16.4 Å². The normalized spacial score (nSPS) is 12.5. The molecule has 1 heterocycles. The number of hydrogen-bond acceptors (Lipinski definition) is 4. The van der Waals surface area contributed by atoms with Crippen LogP contribution in [-0.2, 0) is 7.05 Å². The molecule has 2 aromatic rings. The van der Waals surface area contributed by atoms with E-state index in [9.17, 15) is 4.79 Å². The molecular formula is C17H23N3O2. The van der Waals surface area contributed by atoms with Crippen LogP contribution in [0.3, 0.4) is 0 Å². The van der Waals surface area contributed by atoms with Crippen LogP contribution in [0.25, 0.3) is 11.3 Å². The van der Waals surface area contributed by atoms with Gasteiger partial charge in [0.05, 0.1) is 12.3 Å². The van der Waals surface area contributed by atoms with E-state index in [1.54, 1.807) is 20.0 Å². The maximum Gasteiger partial charge on any atom is 0.271 e. The van der Waals surface area contributed by atoms with E-state index in [1.165, 1.54) is 4.68 Å². The first-order valence-electron chi connectivity index (χ1n) is 7.45. The van der Waals surface area contributed by atoms with Crippen LogP contribution in [0.1, 0.15) is 32.4 Å². The zero-order chi connectivity index (χ0) is 16.3. The van der Waals surface area contributed by atoms with Gasteiger partial charge in [-0.05, 0) is 31.0 Å². The molecule has 0 bridgehead atoms. The molecule has 0 aliphatic heterocycles. The molecule has 1 unspecified atom stereocenters. The van der Waals surface area contributed by atoms with E-state index in [-0.39, 0.29) is 11.6 Å². The first-order valence-corrected chi connectivity index (χ1v) is 7.45. The smallest absolute Gasteiger partial charge is 0.271 e. The minimum absolute atomic E-state index is 0.161. The molecule has 0 saturated heterocycles. The van der Waals surface area contributed by atoms with Crippen molar-refractivity contribution < 1.29 is 4.74 Å². The quantitative estimate of drug-likeness (QED) is 0.921. The second-order valence-corrected chi connectivity index (χ2v) is 5.94. The van der Waals surface area contributed by atoms with Crippen LogP contribution in [0.4, 0.5) is 0 Å². The molecular weight excluding hydrogens is 278 g/mol. The highest BCUT2D eigenvalue weighted by Crippen LogP contribution is 2.23. The summed E-state index contributed by atoms with van der Waals surface area (Å²) in [5.41, 5.74) is 7.88. The molecule has 0 aliphatic carbocycles. The lowest BCUT2D eigenvalue weighted by molar-refractivity contribution is 0.271. The van der Waals surface area contributed by atoms with Gasteiger partial charge in [-0.3, -0.25) is 4.79 Å². The van der Waals surface area contributed by atoms with Gasteiger partial charge in [0.1, 0.15) is 5.75 Å². The maximum absolute atomic E-state index is 12.0. The molecule has 0 amide bonds. The van der Waals surface area contributed by atoms with Crippen molar-refractivity contribution >= 4 is 0 Å². The lowest BCUT2D eigenvalue weighted by Gasteiger charge is -2.12. The summed E-state index contributed by atoms with van der Waals surface area (Å²) in [7, 11) is 1.64. The van der Waals surface area contributed by atoms with Gasteiger partial charge in [-0.2, -0.15) is 5.10 Å². The molecule has 1 aromatic heterocycles. The van der Waals surface area contributed by atoms with E-state index in [4.69, 9.17) is 10.5 Å². The van der Waals surface area contributed by atoms with Crippen LogP contribution in [0.5, 0.6) is 5.75 Å². The Bertz CT molecular complexity index is 705. The highest BCUT2D eigenvalue weighted by atomic mass is 16.5. The first kappa shape index (κ1) is 16.2. The highest BCUT2D eigenvalue weighted by molar-refractivity contribution is 5.61. The van der Waals surface area contributed by atoms with Crippen molar-refractivity contribution in [3.05, 3.63) is 46.2 Å². The summed E-state index contributed by atoms with van der Waals surface area (Å²) in [5.74, 6) is 1.26. The van der Waals surface area contributed by atoms with Gasteiger partial charge in [0.2, 0.25) is 0 Å². The van der Waals surface area contributed by atoms with Crippen LogP contribution in [0.2, 0.25) is 0 Å². The zero-order valence-corrected chi connectivity index (χ0v) is 13.5. The molecule has 1 atom stereocenters. The Morgan fingerprint density at radius 3 is 2.64 bits per heavy atom. The summed E-state index contributed by atoms with van der Waals surface area (Å²) in [5, 5.41) is 4.32. The van der Waals surface area contributed by atoms with E-state index in [2.05, 4.69) is 18.9 Å². The fourth-order valence-electron chi connectivity index (χ4n) is 2.11. The molecule has 0 spiro atoms. The Labute approximate surface area is 130 Å². The third kappa shape index (κ3) is 3.74. The van der Waals surface area contributed by atoms with Crippen molar-refractivity contribution in [1.29, 1.82) is 0 Å². The topological polar surface area (TPSA) is 70.1 Å². The number of rotatable bonds is 5. The second kappa shape index (κ2) is 6.75. The van der Waals surface area contributed by atoms with E-state index < -0.39 is 0 Å². The number of aromatic nitrogens is 2. The van der Waals surface area contributed by atoms with Gasteiger partial charge in [-0.15, -0.1) is 0 Å². The fraction of sp³-hybridized carbons (Fsp3) is 0.412. The lowest BCUT2D eigenvalue weighted by Crippen LogP contribution is -2.27. The van der Waals surface area contributed by atoms with Gasteiger partial charge in [0.15, 0.2) is 0 Å². The Kier molecular flexibility index (Phi) is 4.98. The molecule has 5 heteroatoms. The van der Waals surface area contributed by atoms with Crippen molar-refractivity contribution in [2.45, 2.75) is 26.8 Å². The van der Waals surface area contributed by atoms with Crippen molar-refractivity contribution in [2.24, 2.45) is 18.7 Å². The standard InChI is InChI=1S/C17H23N3O2/c1-11(2)10-22-14-7-5-6-13(8-14)16-9-15(12(3)18)17(21)20(4)19-16/h5-9,11-12H,10,18H2,1-4H3. The summed E-state index contributed by atoms with van der Waals surface area (Å²) in [6.45, 7) is 6.67. The van der Waals surface area contributed by atoms with Crippen LogP contribution in [0.15, 0.2) is 35.1 Å². The Morgan fingerprint density at radius 2 is 2.00 bits per heavy atom. The third-order valence-corrected chi connectivity index (χ3v) is 3.29. The van der Waals surface area contributed by atoms with Crippen molar-refractivity contribution in [3.8, 4) is 17.0 Å². The summed E-state index contributed by atoms with van der Waals surface area (Å²) in [4.78, 5) is 12.0. The predicted molar refractivity (Wildman–Crippen MR) is 87.8 cm³/mol. The molecule has 0 aliphatic rings. The largest absolute Gasteiger partial charge is 0.493 e. The van der Waals surface area contributed by atoms with Gasteiger partial charge < -0.3 is 10.5 Å². The van der Waals surface area contributed by atoms with E-state index in [0.29, 0.717) is 23.8 Å². The SMILES string of the molecule is CC(C)COc1cccc(-c2cc(C(C)N)c(=O)n(C)n2)c1. The van der Waals surface area contributed by atoms with E-state index in [1.807, 2.05) is 24.3 Å². The number of aryl methyl sites for hydroxylation is 1. The second-order valence-electron chi connectivity index (χ2n) is 5.94. The van der Waals surface area contributed by atoms with Crippen LogP contribution < -0.4 is 16.0 Å².